The second kappa shape index (κ2) is 9.22. The summed E-state index contributed by atoms with van der Waals surface area (Å²) < 4.78 is 5.62. The molecule has 3 amide bonds. The molecule has 10 nitrogen and oxygen atoms in total. The van der Waals surface area contributed by atoms with Gasteiger partial charge in [0.15, 0.2) is 12.4 Å². The van der Waals surface area contributed by atoms with Crippen molar-refractivity contribution in [2.24, 2.45) is 5.73 Å². The topological polar surface area (TPSA) is 140 Å². The number of nitrogens with two attached hydrogens (primary N) is 1. The van der Waals surface area contributed by atoms with E-state index in [9.17, 15) is 14.4 Å². The number of hydrogen-bond acceptors (Lipinski definition) is 7. The van der Waals surface area contributed by atoms with Crippen LogP contribution < -0.4 is 26.0 Å². The van der Waals surface area contributed by atoms with Crippen LogP contribution in [0.15, 0.2) is 48.5 Å². The lowest BCUT2D eigenvalue weighted by Gasteiger charge is -2.20. The molecule has 178 valence electrons. The van der Waals surface area contributed by atoms with Gasteiger partial charge < -0.3 is 26.0 Å². The van der Waals surface area contributed by atoms with E-state index >= 15 is 0 Å². The summed E-state index contributed by atoms with van der Waals surface area (Å²) in [5, 5.41) is 6.34. The summed E-state index contributed by atoms with van der Waals surface area (Å²) in [6.07, 6.45) is 0.598. The molecule has 0 radical (unpaired) electrons. The molecule has 1 saturated heterocycles. The highest BCUT2D eigenvalue weighted by Gasteiger charge is 2.25. The lowest BCUT2D eigenvalue weighted by Crippen LogP contribution is -2.32. The molecule has 0 unspecified atom stereocenters. The third-order valence-corrected chi connectivity index (χ3v) is 6.02. The Labute approximate surface area is 205 Å². The Balaban J connectivity index is 1.43. The molecule has 4 N–H and O–H groups in total. The smallest absolute Gasteiger partial charge is 0.267 e. The highest BCUT2D eigenvalue weighted by molar-refractivity contribution is 6.30. The van der Waals surface area contributed by atoms with Gasteiger partial charge in [-0.25, -0.2) is 9.97 Å². The SMILES string of the molecule is NC(=O)c1cc(N[C@H]2CCNC2=O)nc(-c2ccc(N3Cc4cc(Cl)ccc4OCC3=O)cc2)n1. The monoisotopic (exact) mass is 492 g/mol. The van der Waals surface area contributed by atoms with Gasteiger partial charge in [-0.3, -0.25) is 14.4 Å². The van der Waals surface area contributed by atoms with Crippen LogP contribution in [0.1, 0.15) is 22.5 Å². The van der Waals surface area contributed by atoms with Gasteiger partial charge in [-0.2, -0.15) is 0 Å². The van der Waals surface area contributed by atoms with E-state index < -0.39 is 11.9 Å². The molecule has 5 rings (SSSR count). The summed E-state index contributed by atoms with van der Waals surface area (Å²) >= 11 is 6.12. The van der Waals surface area contributed by atoms with Gasteiger partial charge in [0.1, 0.15) is 23.3 Å². The number of aromatic nitrogens is 2. The maximum Gasteiger partial charge on any atom is 0.267 e. The first-order valence-electron chi connectivity index (χ1n) is 10.9. The number of halogens is 1. The second-order valence-corrected chi connectivity index (χ2v) is 8.61. The standard InChI is InChI=1S/C24H21ClN6O4/c25-15-3-6-19-14(9-15)11-31(21(32)12-35-19)16-4-1-13(2-5-16)23-29-18(22(26)33)10-20(30-23)28-17-7-8-27-24(17)34/h1-6,9-10,17H,7-8,11-12H2,(H2,26,33)(H,27,34)(H,28,29,30)/t17-/m0/s1. The van der Waals surface area contributed by atoms with Crippen molar-refractivity contribution in [3.8, 4) is 17.1 Å². The Morgan fingerprint density at radius 1 is 1.14 bits per heavy atom. The van der Waals surface area contributed by atoms with Gasteiger partial charge in [0.2, 0.25) is 5.91 Å². The van der Waals surface area contributed by atoms with E-state index in [2.05, 4.69) is 20.6 Å². The zero-order valence-corrected chi connectivity index (χ0v) is 19.2. The Morgan fingerprint density at radius 3 is 2.66 bits per heavy atom. The van der Waals surface area contributed by atoms with Crippen LogP contribution in [0.2, 0.25) is 5.02 Å². The highest BCUT2D eigenvalue weighted by Crippen LogP contribution is 2.30. The Morgan fingerprint density at radius 2 is 1.94 bits per heavy atom. The van der Waals surface area contributed by atoms with Crippen molar-refractivity contribution < 1.29 is 19.1 Å². The predicted octanol–water partition coefficient (Wildman–Crippen LogP) is 2.12. The van der Waals surface area contributed by atoms with Crippen molar-refractivity contribution in [3.63, 3.8) is 0 Å². The quantitative estimate of drug-likeness (QED) is 0.495. The fraction of sp³-hybridized carbons (Fsp3) is 0.208. The zero-order valence-electron chi connectivity index (χ0n) is 18.5. The molecule has 0 aliphatic carbocycles. The third kappa shape index (κ3) is 4.73. The molecule has 11 heteroatoms. The maximum absolute atomic E-state index is 12.7. The van der Waals surface area contributed by atoms with Gasteiger partial charge in [-0.1, -0.05) is 11.6 Å². The number of carbonyl (C=O) groups is 3. The number of ether oxygens (including phenoxy) is 1. The van der Waals surface area contributed by atoms with Gasteiger partial charge in [-0.15, -0.1) is 0 Å². The average Bonchev–Trinajstić information content (AvgIpc) is 3.17. The van der Waals surface area contributed by atoms with E-state index in [4.69, 9.17) is 22.1 Å². The number of nitrogens with zero attached hydrogens (tertiary/aromatic N) is 3. The molecular weight excluding hydrogens is 472 g/mol. The van der Waals surface area contributed by atoms with E-state index in [0.29, 0.717) is 47.4 Å². The Hall–Kier alpha value is -4.18. The number of rotatable bonds is 5. The van der Waals surface area contributed by atoms with Crippen molar-refractivity contribution in [1.82, 2.24) is 15.3 Å². The number of fused-ring (bicyclic) bond motifs is 1. The number of hydrogen-bond donors (Lipinski definition) is 3. The normalized spacial score (nSPS) is 17.3. The number of amides is 3. The molecule has 3 aromatic rings. The van der Waals surface area contributed by atoms with Gasteiger partial charge in [0.25, 0.3) is 11.8 Å². The van der Waals surface area contributed by atoms with Crippen molar-refractivity contribution in [2.75, 3.05) is 23.4 Å². The minimum Gasteiger partial charge on any atom is -0.483 e. The van der Waals surface area contributed by atoms with Gasteiger partial charge in [0, 0.05) is 34.4 Å². The molecule has 1 fully saturated rings. The van der Waals surface area contributed by atoms with Crippen LogP contribution >= 0.6 is 11.6 Å². The van der Waals surface area contributed by atoms with Crippen molar-refractivity contribution >= 4 is 40.8 Å². The van der Waals surface area contributed by atoms with Crippen LogP contribution in [0.25, 0.3) is 11.4 Å². The molecule has 2 aliphatic heterocycles. The average molecular weight is 493 g/mol. The maximum atomic E-state index is 12.7. The predicted molar refractivity (Wildman–Crippen MR) is 129 cm³/mol. The van der Waals surface area contributed by atoms with E-state index in [1.807, 2.05) is 0 Å². The van der Waals surface area contributed by atoms with Crippen molar-refractivity contribution in [3.05, 3.63) is 64.8 Å². The number of nitrogens with one attached hydrogen (secondary N) is 2. The van der Waals surface area contributed by atoms with Crippen molar-refractivity contribution in [2.45, 2.75) is 19.0 Å². The summed E-state index contributed by atoms with van der Waals surface area (Å²) in [4.78, 5) is 46.9. The summed E-state index contributed by atoms with van der Waals surface area (Å²) in [5.74, 6) is 0.160. The first kappa shape index (κ1) is 22.6. The first-order chi connectivity index (χ1) is 16.9. The molecule has 1 atom stereocenters. The third-order valence-electron chi connectivity index (χ3n) is 5.79. The molecule has 0 bridgehead atoms. The minimum absolute atomic E-state index is 0.0216. The van der Waals surface area contributed by atoms with Crippen LogP contribution in [0.3, 0.4) is 0 Å². The summed E-state index contributed by atoms with van der Waals surface area (Å²) in [6.45, 7) is 0.776. The Bertz CT molecular complexity index is 1330. The number of primary amides is 1. The van der Waals surface area contributed by atoms with E-state index in [1.54, 1.807) is 47.4 Å². The van der Waals surface area contributed by atoms with Crippen LogP contribution in [0.4, 0.5) is 11.5 Å². The Kier molecular flexibility index (Phi) is 5.96. The molecule has 0 spiro atoms. The molecule has 2 aliphatic rings. The second-order valence-electron chi connectivity index (χ2n) is 8.17. The molecule has 0 saturated carbocycles. The molecule has 3 heterocycles. The fourth-order valence-corrected chi connectivity index (χ4v) is 4.20. The number of benzene rings is 2. The summed E-state index contributed by atoms with van der Waals surface area (Å²) in [6, 6.07) is 13.2. The van der Waals surface area contributed by atoms with Gasteiger partial charge in [-0.05, 0) is 48.9 Å². The highest BCUT2D eigenvalue weighted by atomic mass is 35.5. The lowest BCUT2D eigenvalue weighted by atomic mass is 10.1. The molecular formula is C24H21ClN6O4. The fourth-order valence-electron chi connectivity index (χ4n) is 4.00. The number of carbonyl (C=O) groups excluding carboxylic acids is 3. The van der Waals surface area contributed by atoms with Crippen LogP contribution in [-0.4, -0.2) is 46.9 Å². The van der Waals surface area contributed by atoms with Crippen LogP contribution in [-0.2, 0) is 16.1 Å². The summed E-state index contributed by atoms with van der Waals surface area (Å²) in [5.41, 5.74) is 7.55. The molecule has 35 heavy (non-hydrogen) atoms. The molecule has 1 aromatic heterocycles. The van der Waals surface area contributed by atoms with E-state index in [1.165, 1.54) is 6.07 Å². The lowest BCUT2D eigenvalue weighted by molar-refractivity contribution is -0.120. The van der Waals surface area contributed by atoms with Crippen molar-refractivity contribution in [1.29, 1.82) is 0 Å². The van der Waals surface area contributed by atoms with Gasteiger partial charge >= 0.3 is 0 Å². The minimum atomic E-state index is -0.711. The van der Waals surface area contributed by atoms with Crippen LogP contribution in [0, 0.1) is 0 Å². The largest absolute Gasteiger partial charge is 0.483 e. The van der Waals surface area contributed by atoms with E-state index in [-0.39, 0.29) is 29.9 Å². The zero-order chi connectivity index (χ0) is 24.5. The van der Waals surface area contributed by atoms with Gasteiger partial charge in [0.05, 0.1) is 6.54 Å². The molecule has 2 aromatic carbocycles. The number of anilines is 2. The summed E-state index contributed by atoms with van der Waals surface area (Å²) in [7, 11) is 0. The first-order valence-corrected chi connectivity index (χ1v) is 11.3. The van der Waals surface area contributed by atoms with Crippen LogP contribution in [0.5, 0.6) is 5.75 Å². The van der Waals surface area contributed by atoms with E-state index in [0.717, 1.165) is 5.56 Å².